The summed E-state index contributed by atoms with van der Waals surface area (Å²) in [5.41, 5.74) is 1.31. The molecule has 0 saturated carbocycles. The Balaban J connectivity index is 0.000000208. The zero-order chi connectivity index (χ0) is 19.9. The Kier molecular flexibility index (Phi) is 7.56. The Morgan fingerprint density at radius 1 is 1.41 bits per heavy atom. The number of hydrogen-bond acceptors (Lipinski definition) is 6. The standard InChI is InChI=1S/C11H12ClN3O.C7H8O3S/c12-11-9(4-13)3-10(6-15-11)16-7-8-1-2-14-5-8;1-6-2-4-7(5-3-6)11(8,9)10/h3,6,8,14H,1-2,5,7H2;2-5H,1H3,(H,8,9,10)/t8-;/m1./s1. The lowest BCUT2D eigenvalue weighted by molar-refractivity contribution is 0.259. The van der Waals surface area contributed by atoms with Crippen LogP contribution in [0.4, 0.5) is 0 Å². The van der Waals surface area contributed by atoms with Gasteiger partial charge in [0.2, 0.25) is 0 Å². The van der Waals surface area contributed by atoms with E-state index in [0.717, 1.165) is 25.1 Å². The molecular formula is C18H20ClN3O4S. The van der Waals surface area contributed by atoms with Gasteiger partial charge in [-0.15, -0.1) is 0 Å². The van der Waals surface area contributed by atoms with Crippen molar-refractivity contribution in [1.82, 2.24) is 10.3 Å². The number of pyridine rings is 1. The summed E-state index contributed by atoms with van der Waals surface area (Å²) in [6.45, 7) is 4.54. The van der Waals surface area contributed by atoms with Crippen LogP contribution in [-0.2, 0) is 10.1 Å². The van der Waals surface area contributed by atoms with E-state index in [2.05, 4.69) is 10.3 Å². The normalized spacial score (nSPS) is 16.1. The first-order chi connectivity index (χ1) is 12.8. The highest BCUT2D eigenvalue weighted by molar-refractivity contribution is 7.85. The summed E-state index contributed by atoms with van der Waals surface area (Å²) in [6.07, 6.45) is 2.68. The first kappa shape index (κ1) is 21.1. The molecule has 0 spiro atoms. The molecule has 27 heavy (non-hydrogen) atoms. The van der Waals surface area contributed by atoms with Gasteiger partial charge in [-0.3, -0.25) is 4.55 Å². The van der Waals surface area contributed by atoms with E-state index in [9.17, 15) is 8.42 Å². The molecule has 144 valence electrons. The van der Waals surface area contributed by atoms with E-state index in [4.69, 9.17) is 26.2 Å². The number of aromatic nitrogens is 1. The zero-order valence-electron chi connectivity index (χ0n) is 14.7. The summed E-state index contributed by atoms with van der Waals surface area (Å²) in [4.78, 5) is 3.83. The van der Waals surface area contributed by atoms with Crippen molar-refractivity contribution in [3.63, 3.8) is 0 Å². The number of rotatable bonds is 4. The van der Waals surface area contributed by atoms with Crippen LogP contribution < -0.4 is 10.1 Å². The predicted molar refractivity (Wildman–Crippen MR) is 101 cm³/mol. The fourth-order valence-electron chi connectivity index (χ4n) is 2.37. The van der Waals surface area contributed by atoms with E-state index in [1.165, 1.54) is 12.1 Å². The summed E-state index contributed by atoms with van der Waals surface area (Å²) < 4.78 is 35.1. The van der Waals surface area contributed by atoms with Gasteiger partial charge in [-0.05, 0) is 32.0 Å². The van der Waals surface area contributed by atoms with Crippen molar-refractivity contribution >= 4 is 21.7 Å². The quantitative estimate of drug-likeness (QED) is 0.589. The Hall–Kier alpha value is -2.18. The van der Waals surface area contributed by atoms with Crippen molar-refractivity contribution in [2.75, 3.05) is 19.7 Å². The van der Waals surface area contributed by atoms with Gasteiger partial charge in [-0.1, -0.05) is 29.3 Å². The molecule has 1 aromatic heterocycles. The first-order valence-electron chi connectivity index (χ1n) is 8.23. The van der Waals surface area contributed by atoms with Crippen molar-refractivity contribution in [2.45, 2.75) is 18.2 Å². The van der Waals surface area contributed by atoms with E-state index in [1.807, 2.05) is 13.0 Å². The Morgan fingerprint density at radius 3 is 2.67 bits per heavy atom. The minimum atomic E-state index is -4.02. The van der Waals surface area contributed by atoms with E-state index >= 15 is 0 Å². The molecule has 1 fully saturated rings. The van der Waals surface area contributed by atoms with E-state index in [-0.39, 0.29) is 10.0 Å². The summed E-state index contributed by atoms with van der Waals surface area (Å²) in [5, 5.41) is 12.3. The van der Waals surface area contributed by atoms with E-state index in [0.29, 0.717) is 23.8 Å². The molecule has 1 aliphatic heterocycles. The first-order valence-corrected chi connectivity index (χ1v) is 10.0. The van der Waals surface area contributed by atoms with Gasteiger partial charge in [-0.2, -0.15) is 13.7 Å². The SMILES string of the molecule is Cc1ccc(S(=O)(=O)O)cc1.N#Cc1cc(OC[C@@H]2CCNC2)cnc1Cl. The Labute approximate surface area is 163 Å². The molecule has 2 N–H and O–H groups in total. The second-order valence-electron chi connectivity index (χ2n) is 6.08. The number of nitriles is 1. The minimum absolute atomic E-state index is 0.0666. The molecule has 2 heterocycles. The molecular weight excluding hydrogens is 390 g/mol. The number of halogens is 1. The fourth-order valence-corrected chi connectivity index (χ4v) is 2.99. The summed E-state index contributed by atoms with van der Waals surface area (Å²) >= 11 is 5.72. The fraction of sp³-hybridized carbons (Fsp3) is 0.333. The molecule has 7 nitrogen and oxygen atoms in total. The van der Waals surface area contributed by atoms with Gasteiger partial charge in [0, 0.05) is 18.5 Å². The monoisotopic (exact) mass is 409 g/mol. The molecule has 0 bridgehead atoms. The number of benzene rings is 1. The number of ether oxygens (including phenoxy) is 1. The van der Waals surface area contributed by atoms with Crippen molar-refractivity contribution in [3.8, 4) is 11.8 Å². The molecule has 0 amide bonds. The lowest BCUT2D eigenvalue weighted by atomic mass is 10.1. The second kappa shape index (κ2) is 9.67. The minimum Gasteiger partial charge on any atom is -0.492 e. The molecule has 1 atom stereocenters. The van der Waals surface area contributed by atoms with Gasteiger partial charge < -0.3 is 10.1 Å². The van der Waals surface area contributed by atoms with Gasteiger partial charge >= 0.3 is 0 Å². The maximum Gasteiger partial charge on any atom is 0.294 e. The van der Waals surface area contributed by atoms with Crippen LogP contribution in [0, 0.1) is 24.2 Å². The molecule has 0 unspecified atom stereocenters. The molecule has 2 aromatic rings. The number of nitrogens with one attached hydrogen (secondary N) is 1. The maximum atomic E-state index is 10.5. The topological polar surface area (TPSA) is 112 Å². The van der Waals surface area contributed by atoms with E-state index < -0.39 is 10.1 Å². The third-order valence-corrected chi connectivity index (χ3v) is 5.07. The number of aryl methyl sites for hydroxylation is 1. The van der Waals surface area contributed by atoms with Crippen molar-refractivity contribution in [3.05, 3.63) is 52.8 Å². The molecule has 1 saturated heterocycles. The van der Waals surface area contributed by atoms with Gasteiger partial charge in [0.25, 0.3) is 10.1 Å². The van der Waals surface area contributed by atoms with Crippen LogP contribution in [0.15, 0.2) is 41.4 Å². The zero-order valence-corrected chi connectivity index (χ0v) is 16.3. The van der Waals surface area contributed by atoms with Crippen LogP contribution >= 0.6 is 11.6 Å². The molecule has 1 aliphatic rings. The van der Waals surface area contributed by atoms with E-state index in [1.54, 1.807) is 24.4 Å². The largest absolute Gasteiger partial charge is 0.492 e. The van der Waals surface area contributed by atoms with Crippen LogP contribution in [0.5, 0.6) is 5.75 Å². The molecule has 3 rings (SSSR count). The summed E-state index contributed by atoms with van der Waals surface area (Å²) in [7, 11) is -4.02. The van der Waals surface area contributed by atoms with Crippen LogP contribution in [0.2, 0.25) is 5.15 Å². The predicted octanol–water partition coefficient (Wildman–Crippen LogP) is 2.84. The van der Waals surface area contributed by atoms with Gasteiger partial charge in [0.1, 0.15) is 17.0 Å². The molecule has 9 heteroatoms. The second-order valence-corrected chi connectivity index (χ2v) is 7.86. The molecule has 1 aromatic carbocycles. The average molecular weight is 410 g/mol. The summed E-state index contributed by atoms with van der Waals surface area (Å²) in [5.74, 6) is 1.15. The molecule has 0 radical (unpaired) electrons. The van der Waals surface area contributed by atoms with Crippen LogP contribution in [0.25, 0.3) is 0 Å². The highest BCUT2D eigenvalue weighted by atomic mass is 35.5. The van der Waals surface area contributed by atoms with Crippen molar-refractivity contribution in [1.29, 1.82) is 5.26 Å². The molecule has 0 aliphatic carbocycles. The Morgan fingerprint density at radius 2 is 2.11 bits per heavy atom. The van der Waals surface area contributed by atoms with Gasteiger partial charge in [0.15, 0.2) is 0 Å². The lowest BCUT2D eigenvalue weighted by Crippen LogP contribution is -2.15. The van der Waals surface area contributed by atoms with Crippen LogP contribution in [0.1, 0.15) is 17.5 Å². The smallest absolute Gasteiger partial charge is 0.294 e. The third kappa shape index (κ3) is 6.81. The maximum absolute atomic E-state index is 10.5. The Bertz CT molecular complexity index is 905. The van der Waals surface area contributed by atoms with Crippen LogP contribution in [0.3, 0.4) is 0 Å². The third-order valence-electron chi connectivity index (χ3n) is 3.90. The van der Waals surface area contributed by atoms with Crippen molar-refractivity contribution < 1.29 is 17.7 Å². The lowest BCUT2D eigenvalue weighted by Gasteiger charge is -2.10. The van der Waals surface area contributed by atoms with Crippen molar-refractivity contribution in [2.24, 2.45) is 5.92 Å². The number of nitrogens with zero attached hydrogens (tertiary/aromatic N) is 2. The highest BCUT2D eigenvalue weighted by Crippen LogP contribution is 2.19. The van der Waals surface area contributed by atoms with Crippen LogP contribution in [-0.4, -0.2) is 37.7 Å². The highest BCUT2D eigenvalue weighted by Gasteiger charge is 2.15. The van der Waals surface area contributed by atoms with Gasteiger partial charge in [-0.25, -0.2) is 4.98 Å². The van der Waals surface area contributed by atoms with Gasteiger partial charge in [0.05, 0.1) is 23.3 Å². The average Bonchev–Trinajstić information content (AvgIpc) is 3.15. The number of hydrogen-bond donors (Lipinski definition) is 2. The summed E-state index contributed by atoms with van der Waals surface area (Å²) in [6, 6.07) is 9.59.